The number of nitrogens with zero attached hydrogens (tertiary/aromatic N) is 2. The zero-order valence-corrected chi connectivity index (χ0v) is 20.7. The topological polar surface area (TPSA) is 69.7 Å². The third-order valence-corrected chi connectivity index (χ3v) is 7.80. The van der Waals surface area contributed by atoms with E-state index >= 15 is 0 Å². The molecule has 7 heteroatoms. The molecule has 5 rings (SSSR count). The second kappa shape index (κ2) is 10.2. The molecular formula is C28H29N3O3S. The predicted octanol–water partition coefficient (Wildman–Crippen LogP) is 4.71. The van der Waals surface area contributed by atoms with Crippen molar-refractivity contribution in [1.29, 1.82) is 0 Å². The molecule has 0 bridgehead atoms. The molecule has 3 aromatic rings. The summed E-state index contributed by atoms with van der Waals surface area (Å²) in [4.78, 5) is 42.5. The van der Waals surface area contributed by atoms with E-state index in [0.29, 0.717) is 17.5 Å². The number of imide groups is 1. The highest BCUT2D eigenvalue weighted by Gasteiger charge is 2.32. The van der Waals surface area contributed by atoms with Crippen LogP contribution in [-0.2, 0) is 11.3 Å². The van der Waals surface area contributed by atoms with Crippen LogP contribution in [0.25, 0.3) is 10.8 Å². The van der Waals surface area contributed by atoms with Gasteiger partial charge in [-0.1, -0.05) is 36.4 Å². The Morgan fingerprint density at radius 2 is 1.60 bits per heavy atom. The molecule has 1 saturated heterocycles. The summed E-state index contributed by atoms with van der Waals surface area (Å²) >= 11 is 1.99. The molecule has 0 unspecified atom stereocenters. The smallest absolute Gasteiger partial charge is 0.261 e. The first-order valence-electron chi connectivity index (χ1n) is 12.1. The summed E-state index contributed by atoms with van der Waals surface area (Å²) in [7, 11) is 0. The molecule has 0 atom stereocenters. The lowest BCUT2D eigenvalue weighted by molar-refractivity contribution is -0.116. The minimum Gasteiger partial charge on any atom is -0.326 e. The molecule has 0 aromatic heterocycles. The number of amides is 3. The second-order valence-corrected chi connectivity index (χ2v) is 10.3. The molecule has 1 fully saturated rings. The lowest BCUT2D eigenvalue weighted by atomic mass is 9.94. The average molecular weight is 488 g/mol. The van der Waals surface area contributed by atoms with Crippen LogP contribution in [0, 0.1) is 6.92 Å². The number of thioether (sulfide) groups is 1. The maximum atomic E-state index is 13.0. The van der Waals surface area contributed by atoms with Crippen molar-refractivity contribution in [2.24, 2.45) is 0 Å². The summed E-state index contributed by atoms with van der Waals surface area (Å²) in [6, 6.07) is 17.0. The number of benzene rings is 3. The van der Waals surface area contributed by atoms with Crippen molar-refractivity contribution in [3.63, 3.8) is 0 Å². The summed E-state index contributed by atoms with van der Waals surface area (Å²) in [6.45, 7) is 5.33. The number of anilines is 1. The number of rotatable bonds is 7. The Morgan fingerprint density at radius 1 is 0.943 bits per heavy atom. The zero-order chi connectivity index (χ0) is 24.4. The van der Waals surface area contributed by atoms with Crippen molar-refractivity contribution >= 4 is 45.9 Å². The molecule has 0 saturated carbocycles. The lowest BCUT2D eigenvalue weighted by Gasteiger charge is -2.27. The van der Waals surface area contributed by atoms with Crippen molar-refractivity contribution in [3.05, 3.63) is 76.9 Å². The van der Waals surface area contributed by atoms with E-state index in [-0.39, 0.29) is 30.7 Å². The van der Waals surface area contributed by atoms with Gasteiger partial charge in [-0.25, -0.2) is 0 Å². The van der Waals surface area contributed by atoms with E-state index in [2.05, 4.69) is 16.3 Å². The third kappa shape index (κ3) is 4.83. The first-order valence-corrected chi connectivity index (χ1v) is 13.2. The van der Waals surface area contributed by atoms with Gasteiger partial charge in [0.15, 0.2) is 0 Å². The Balaban J connectivity index is 1.20. The normalized spacial score (nSPS) is 16.1. The van der Waals surface area contributed by atoms with Crippen LogP contribution in [-0.4, -0.2) is 58.7 Å². The summed E-state index contributed by atoms with van der Waals surface area (Å²) in [5.41, 5.74) is 4.23. The van der Waals surface area contributed by atoms with Crippen molar-refractivity contribution in [3.8, 4) is 0 Å². The van der Waals surface area contributed by atoms with Crippen LogP contribution in [0.4, 0.5) is 5.69 Å². The fourth-order valence-electron chi connectivity index (χ4n) is 4.88. The van der Waals surface area contributed by atoms with Gasteiger partial charge in [-0.15, -0.1) is 0 Å². The Labute approximate surface area is 209 Å². The van der Waals surface area contributed by atoms with Gasteiger partial charge in [0.05, 0.1) is 0 Å². The summed E-state index contributed by atoms with van der Waals surface area (Å²) in [5.74, 6) is 1.63. The monoisotopic (exact) mass is 487 g/mol. The van der Waals surface area contributed by atoms with Gasteiger partial charge < -0.3 is 5.32 Å². The highest BCUT2D eigenvalue weighted by Crippen LogP contribution is 2.30. The van der Waals surface area contributed by atoms with Crippen LogP contribution in [0.15, 0.2) is 54.6 Å². The van der Waals surface area contributed by atoms with Crippen molar-refractivity contribution in [1.82, 2.24) is 9.80 Å². The van der Waals surface area contributed by atoms with Crippen LogP contribution in [0.3, 0.4) is 0 Å². The number of hydrogen-bond donors (Lipinski definition) is 1. The largest absolute Gasteiger partial charge is 0.326 e. The highest BCUT2D eigenvalue weighted by atomic mass is 32.2. The number of carbonyl (C=O) groups excluding carboxylic acids is 3. The van der Waals surface area contributed by atoms with Crippen molar-refractivity contribution < 1.29 is 14.4 Å². The van der Waals surface area contributed by atoms with E-state index in [4.69, 9.17) is 0 Å². The lowest BCUT2D eigenvalue weighted by Crippen LogP contribution is -2.41. The van der Waals surface area contributed by atoms with Crippen LogP contribution in [0.2, 0.25) is 0 Å². The molecule has 0 spiro atoms. The van der Waals surface area contributed by atoms with Crippen molar-refractivity contribution in [2.45, 2.75) is 26.3 Å². The molecule has 2 aliphatic heterocycles. The molecule has 2 aliphatic rings. The molecule has 0 aliphatic carbocycles. The zero-order valence-electron chi connectivity index (χ0n) is 19.9. The van der Waals surface area contributed by atoms with Gasteiger partial charge in [-0.2, -0.15) is 11.8 Å². The maximum absolute atomic E-state index is 13.0. The van der Waals surface area contributed by atoms with Gasteiger partial charge in [0.25, 0.3) is 11.8 Å². The standard InChI is InChI=1S/C28H29N3O3S/c1-19-21(18-30-14-16-35-17-15-30)8-4-11-24(19)29-25(32)12-5-13-31-27(33)22-9-2-6-20-7-3-10-23(26(20)22)28(31)34/h2-4,6-11H,5,12-18H2,1H3,(H,29,32). The first-order chi connectivity index (χ1) is 17.0. The van der Waals surface area contributed by atoms with Crippen LogP contribution >= 0.6 is 11.8 Å². The third-order valence-electron chi connectivity index (χ3n) is 6.86. The molecule has 6 nitrogen and oxygen atoms in total. The molecule has 180 valence electrons. The second-order valence-electron chi connectivity index (χ2n) is 9.10. The van der Waals surface area contributed by atoms with Gasteiger partial charge in [0, 0.05) is 66.3 Å². The van der Waals surface area contributed by atoms with Gasteiger partial charge in [0.1, 0.15) is 0 Å². The fraction of sp³-hybridized carbons (Fsp3) is 0.321. The quantitative estimate of drug-likeness (QED) is 0.489. The predicted molar refractivity (Wildman–Crippen MR) is 141 cm³/mol. The average Bonchev–Trinajstić information content (AvgIpc) is 2.87. The molecule has 2 heterocycles. The van der Waals surface area contributed by atoms with Gasteiger partial charge >= 0.3 is 0 Å². The van der Waals surface area contributed by atoms with E-state index < -0.39 is 0 Å². The number of carbonyl (C=O) groups is 3. The van der Waals surface area contributed by atoms with Crippen molar-refractivity contribution in [2.75, 3.05) is 36.5 Å². The molecule has 1 N–H and O–H groups in total. The van der Waals surface area contributed by atoms with E-state index in [1.807, 2.05) is 55.1 Å². The summed E-state index contributed by atoms with van der Waals surface area (Å²) < 4.78 is 0. The van der Waals surface area contributed by atoms with Crippen LogP contribution in [0.5, 0.6) is 0 Å². The summed E-state index contributed by atoms with van der Waals surface area (Å²) in [6.07, 6.45) is 0.640. The number of hydrogen-bond acceptors (Lipinski definition) is 5. The number of nitrogens with one attached hydrogen (secondary N) is 1. The minimum absolute atomic E-state index is 0.112. The van der Waals surface area contributed by atoms with Gasteiger partial charge in [0.2, 0.25) is 5.91 Å². The Bertz CT molecular complexity index is 1250. The van der Waals surface area contributed by atoms with E-state index in [0.717, 1.165) is 53.2 Å². The fourth-order valence-corrected chi connectivity index (χ4v) is 5.86. The van der Waals surface area contributed by atoms with Crippen LogP contribution < -0.4 is 5.32 Å². The maximum Gasteiger partial charge on any atom is 0.261 e. The summed E-state index contributed by atoms with van der Waals surface area (Å²) in [5, 5.41) is 4.64. The van der Waals surface area contributed by atoms with Gasteiger partial charge in [-0.05, 0) is 48.1 Å². The SMILES string of the molecule is Cc1c(CN2CCSCC2)cccc1NC(=O)CCCN1C(=O)c2cccc3cccc(c23)C1=O. The Kier molecular flexibility index (Phi) is 6.88. The van der Waals surface area contributed by atoms with E-state index in [1.54, 1.807) is 12.1 Å². The first kappa shape index (κ1) is 23.6. The minimum atomic E-state index is -0.292. The highest BCUT2D eigenvalue weighted by molar-refractivity contribution is 7.99. The Hall–Kier alpha value is -3.16. The van der Waals surface area contributed by atoms with Crippen LogP contribution in [0.1, 0.15) is 44.7 Å². The van der Waals surface area contributed by atoms with E-state index in [9.17, 15) is 14.4 Å². The molecular weight excluding hydrogens is 458 g/mol. The molecule has 3 amide bonds. The molecule has 35 heavy (non-hydrogen) atoms. The Morgan fingerprint density at radius 3 is 2.29 bits per heavy atom. The van der Waals surface area contributed by atoms with Gasteiger partial charge in [-0.3, -0.25) is 24.2 Å². The van der Waals surface area contributed by atoms with E-state index in [1.165, 1.54) is 10.5 Å². The molecule has 3 aromatic carbocycles. The molecule has 0 radical (unpaired) electrons.